The van der Waals surface area contributed by atoms with Crippen LogP contribution in [0.1, 0.15) is 27.7 Å². The van der Waals surface area contributed by atoms with Gasteiger partial charge in [-0.3, -0.25) is 4.79 Å². The smallest absolute Gasteiger partial charge is 0.417 e. The third-order valence-corrected chi connectivity index (χ3v) is 4.04. The Morgan fingerprint density at radius 1 is 1.14 bits per heavy atom. The van der Waals surface area contributed by atoms with Gasteiger partial charge < -0.3 is 4.74 Å². The van der Waals surface area contributed by atoms with Crippen molar-refractivity contribution >= 4 is 22.9 Å². The van der Waals surface area contributed by atoms with E-state index in [4.69, 9.17) is 4.74 Å². The minimum Gasteiger partial charge on any atom is -0.443 e. The van der Waals surface area contributed by atoms with E-state index in [1.54, 1.807) is 52.0 Å². The van der Waals surface area contributed by atoms with Gasteiger partial charge in [-0.25, -0.2) is 28.0 Å². The predicted molar refractivity (Wildman–Crippen MR) is 107 cm³/mol. The van der Waals surface area contributed by atoms with Gasteiger partial charge in [0.25, 0.3) is 5.56 Å². The maximum Gasteiger partial charge on any atom is 0.417 e. The van der Waals surface area contributed by atoms with E-state index in [1.165, 1.54) is 0 Å². The number of anilines is 1. The molecule has 0 unspecified atom stereocenters. The van der Waals surface area contributed by atoms with Gasteiger partial charge in [-0.15, -0.1) is 0 Å². The van der Waals surface area contributed by atoms with Crippen LogP contribution in [0.3, 0.4) is 0 Å². The van der Waals surface area contributed by atoms with Crippen LogP contribution < -0.4 is 10.5 Å². The van der Waals surface area contributed by atoms with Crippen molar-refractivity contribution in [1.29, 1.82) is 0 Å². The van der Waals surface area contributed by atoms with E-state index < -0.39 is 28.9 Å². The molecule has 0 aliphatic carbocycles. The van der Waals surface area contributed by atoms with Crippen LogP contribution in [0.5, 0.6) is 0 Å². The number of aromatic nitrogens is 2. The summed E-state index contributed by atoms with van der Waals surface area (Å²) in [6, 6.07) is 9.26. The molecule has 0 bridgehead atoms. The molecule has 0 spiro atoms. The molecule has 2 aromatic carbocycles. The Hall–Kier alpha value is -3.29. The SMILES string of the molecule is CCN(C(=O)OC(C)(C)C)c1nc2ccccc2c(=O)n1-c1cc(F)cc(F)c1. The Balaban J connectivity index is 2.32. The topological polar surface area (TPSA) is 64.4 Å². The van der Waals surface area contributed by atoms with Gasteiger partial charge in [0, 0.05) is 12.6 Å². The quantitative estimate of drug-likeness (QED) is 0.652. The molecule has 1 heterocycles. The van der Waals surface area contributed by atoms with Crippen LogP contribution in [0, 0.1) is 11.6 Å². The number of ether oxygens (including phenoxy) is 1. The minimum absolute atomic E-state index is 0.0808. The fraction of sp³-hybridized carbons (Fsp3) is 0.286. The number of carbonyl (C=O) groups is 1. The Kier molecular flexibility index (Phi) is 5.37. The first-order valence-electron chi connectivity index (χ1n) is 9.09. The Bertz CT molecular complexity index is 1120. The molecule has 3 aromatic rings. The zero-order valence-electron chi connectivity index (χ0n) is 16.6. The molecule has 1 aromatic heterocycles. The molecule has 0 atom stereocenters. The highest BCUT2D eigenvalue weighted by Crippen LogP contribution is 2.22. The average Bonchev–Trinajstić information content (AvgIpc) is 2.60. The summed E-state index contributed by atoms with van der Waals surface area (Å²) in [5.74, 6) is -1.80. The van der Waals surface area contributed by atoms with E-state index in [-0.39, 0.29) is 23.6 Å². The number of hydrogen-bond donors (Lipinski definition) is 0. The van der Waals surface area contributed by atoms with Crippen molar-refractivity contribution in [3.63, 3.8) is 0 Å². The van der Waals surface area contributed by atoms with E-state index >= 15 is 0 Å². The molecule has 0 saturated heterocycles. The molecule has 0 saturated carbocycles. The zero-order valence-corrected chi connectivity index (χ0v) is 16.6. The fourth-order valence-electron chi connectivity index (χ4n) is 2.87. The van der Waals surface area contributed by atoms with Crippen LogP contribution in [-0.2, 0) is 4.74 Å². The van der Waals surface area contributed by atoms with Crippen molar-refractivity contribution in [2.24, 2.45) is 0 Å². The van der Waals surface area contributed by atoms with Crippen LogP contribution in [-0.4, -0.2) is 27.8 Å². The third-order valence-electron chi connectivity index (χ3n) is 4.04. The molecule has 0 aliphatic heterocycles. The zero-order chi connectivity index (χ0) is 21.3. The Morgan fingerprint density at radius 2 is 1.76 bits per heavy atom. The normalized spacial score (nSPS) is 11.5. The lowest BCUT2D eigenvalue weighted by molar-refractivity contribution is 0.0579. The van der Waals surface area contributed by atoms with Crippen molar-refractivity contribution < 1.29 is 18.3 Å². The number of para-hydroxylation sites is 1. The molecule has 6 nitrogen and oxygen atoms in total. The lowest BCUT2D eigenvalue weighted by Crippen LogP contribution is -2.40. The van der Waals surface area contributed by atoms with Crippen LogP contribution in [0.2, 0.25) is 0 Å². The highest BCUT2D eigenvalue weighted by atomic mass is 19.1. The monoisotopic (exact) mass is 401 g/mol. The fourth-order valence-corrected chi connectivity index (χ4v) is 2.87. The number of halogens is 2. The van der Waals surface area contributed by atoms with E-state index in [0.29, 0.717) is 11.6 Å². The number of nitrogens with zero attached hydrogens (tertiary/aromatic N) is 3. The second kappa shape index (κ2) is 7.62. The number of rotatable bonds is 3. The van der Waals surface area contributed by atoms with Crippen LogP contribution in [0.15, 0.2) is 47.3 Å². The number of fused-ring (bicyclic) bond motifs is 1. The van der Waals surface area contributed by atoms with Crippen molar-refractivity contribution in [2.75, 3.05) is 11.4 Å². The number of benzene rings is 2. The summed E-state index contributed by atoms with van der Waals surface area (Å²) >= 11 is 0. The van der Waals surface area contributed by atoms with Gasteiger partial charge in [-0.2, -0.15) is 0 Å². The molecular formula is C21H21F2N3O3. The molecule has 152 valence electrons. The van der Waals surface area contributed by atoms with E-state index in [0.717, 1.165) is 21.6 Å². The van der Waals surface area contributed by atoms with Crippen molar-refractivity contribution in [3.8, 4) is 5.69 Å². The summed E-state index contributed by atoms with van der Waals surface area (Å²) in [5, 5.41) is 0.251. The third kappa shape index (κ3) is 4.26. The molecule has 1 amide bonds. The highest BCUT2D eigenvalue weighted by molar-refractivity contribution is 5.88. The van der Waals surface area contributed by atoms with Gasteiger partial charge in [0.05, 0.1) is 16.6 Å². The lowest BCUT2D eigenvalue weighted by Gasteiger charge is -2.27. The summed E-state index contributed by atoms with van der Waals surface area (Å²) in [6.07, 6.45) is -0.729. The second-order valence-electron chi connectivity index (χ2n) is 7.42. The number of amides is 1. The van der Waals surface area contributed by atoms with E-state index in [2.05, 4.69) is 4.98 Å². The number of carbonyl (C=O) groups excluding carboxylic acids is 1. The predicted octanol–water partition coefficient (Wildman–Crippen LogP) is 4.43. The van der Waals surface area contributed by atoms with E-state index in [9.17, 15) is 18.4 Å². The molecule has 0 fully saturated rings. The maximum atomic E-state index is 13.9. The van der Waals surface area contributed by atoms with Gasteiger partial charge in [-0.1, -0.05) is 12.1 Å². The molecule has 3 rings (SSSR count). The molecule has 29 heavy (non-hydrogen) atoms. The first kappa shape index (κ1) is 20.4. The second-order valence-corrected chi connectivity index (χ2v) is 7.42. The summed E-state index contributed by atoms with van der Waals surface area (Å²) in [4.78, 5) is 31.5. The van der Waals surface area contributed by atoms with Gasteiger partial charge in [0.15, 0.2) is 0 Å². The van der Waals surface area contributed by atoms with Gasteiger partial charge in [0.1, 0.15) is 17.2 Å². The van der Waals surface area contributed by atoms with Crippen molar-refractivity contribution in [1.82, 2.24) is 9.55 Å². The van der Waals surface area contributed by atoms with Gasteiger partial charge >= 0.3 is 6.09 Å². The summed E-state index contributed by atoms with van der Waals surface area (Å²) < 4.78 is 34.2. The first-order valence-corrected chi connectivity index (χ1v) is 9.09. The summed E-state index contributed by atoms with van der Waals surface area (Å²) in [6.45, 7) is 6.93. The molecule has 0 radical (unpaired) electrons. The average molecular weight is 401 g/mol. The van der Waals surface area contributed by atoms with Crippen molar-refractivity contribution in [2.45, 2.75) is 33.3 Å². The maximum absolute atomic E-state index is 13.9. The minimum atomic E-state index is -0.855. The first-order chi connectivity index (χ1) is 13.6. The van der Waals surface area contributed by atoms with Gasteiger partial charge in [0.2, 0.25) is 5.95 Å². The molecule has 0 aliphatic rings. The molecule has 0 N–H and O–H groups in total. The number of hydrogen-bond acceptors (Lipinski definition) is 4. The van der Waals surface area contributed by atoms with E-state index in [1.807, 2.05) is 0 Å². The largest absolute Gasteiger partial charge is 0.443 e. The van der Waals surface area contributed by atoms with Crippen LogP contribution in [0.25, 0.3) is 16.6 Å². The standard InChI is InChI=1S/C21H21F2N3O3/c1-5-25(20(28)29-21(2,3)4)19-24-17-9-7-6-8-16(17)18(27)26(19)15-11-13(22)10-14(23)12-15/h6-12H,5H2,1-4H3. The highest BCUT2D eigenvalue weighted by Gasteiger charge is 2.27. The van der Waals surface area contributed by atoms with Crippen molar-refractivity contribution in [3.05, 3.63) is 64.5 Å². The van der Waals surface area contributed by atoms with Crippen LogP contribution in [0.4, 0.5) is 19.5 Å². The Labute approximate surface area is 166 Å². The van der Waals surface area contributed by atoms with Gasteiger partial charge in [-0.05, 0) is 52.0 Å². The lowest BCUT2D eigenvalue weighted by atomic mass is 10.2. The molecule has 8 heteroatoms. The Morgan fingerprint density at radius 3 is 2.34 bits per heavy atom. The summed E-state index contributed by atoms with van der Waals surface area (Å²) in [5.41, 5.74) is -1.07. The molecular weight excluding hydrogens is 380 g/mol. The van der Waals surface area contributed by atoms with Crippen LogP contribution >= 0.6 is 0 Å². The summed E-state index contributed by atoms with van der Waals surface area (Å²) in [7, 11) is 0.